The Morgan fingerprint density at radius 1 is 1.21 bits per heavy atom. The summed E-state index contributed by atoms with van der Waals surface area (Å²) in [6, 6.07) is 8.20. The minimum Gasteiger partial charge on any atom is -0.393 e. The number of aromatic nitrogens is 6. The summed E-state index contributed by atoms with van der Waals surface area (Å²) in [5, 5.41) is 28.2. The highest BCUT2D eigenvalue weighted by molar-refractivity contribution is 9.10. The van der Waals surface area contributed by atoms with Gasteiger partial charge in [-0.2, -0.15) is 10.1 Å². The van der Waals surface area contributed by atoms with Crippen LogP contribution >= 0.6 is 27.3 Å². The maximum Gasteiger partial charge on any atom is 0.224 e. The first-order chi connectivity index (χ1) is 13.6. The summed E-state index contributed by atoms with van der Waals surface area (Å²) in [5.74, 6) is 0.541. The van der Waals surface area contributed by atoms with Crippen LogP contribution in [0.1, 0.15) is 17.8 Å². The number of hydrogen-bond acceptors (Lipinski definition) is 8. The second-order valence-corrected chi connectivity index (χ2v) is 8.71. The minimum atomic E-state index is -0.226. The lowest BCUT2D eigenvalue weighted by atomic mass is 9.90. The molecule has 4 aromatic rings. The van der Waals surface area contributed by atoms with Crippen molar-refractivity contribution in [2.75, 3.05) is 5.32 Å². The highest BCUT2D eigenvalue weighted by Gasteiger charge is 2.27. The molecule has 0 saturated heterocycles. The van der Waals surface area contributed by atoms with Gasteiger partial charge in [0.15, 0.2) is 5.65 Å². The first kappa shape index (κ1) is 17.7. The molecule has 0 spiro atoms. The van der Waals surface area contributed by atoms with Crippen molar-refractivity contribution in [3.05, 3.63) is 40.1 Å². The van der Waals surface area contributed by atoms with E-state index in [2.05, 4.69) is 46.5 Å². The van der Waals surface area contributed by atoms with Crippen molar-refractivity contribution in [2.45, 2.75) is 31.9 Å². The molecule has 1 aliphatic rings. The van der Waals surface area contributed by atoms with Gasteiger partial charge < -0.3 is 10.4 Å². The fraction of sp³-hybridized carbons (Fsp3) is 0.278. The molecule has 1 fully saturated rings. The van der Waals surface area contributed by atoms with Gasteiger partial charge in [0.1, 0.15) is 14.6 Å². The molecule has 10 heteroatoms. The monoisotopic (exact) mass is 457 g/mol. The number of aliphatic hydroxyl groups excluding tert-OH is 1. The third-order valence-electron chi connectivity index (χ3n) is 4.71. The Bertz CT molecular complexity index is 1150. The molecular weight excluding hydrogens is 442 g/mol. The molecule has 142 valence electrons. The van der Waals surface area contributed by atoms with E-state index in [1.54, 1.807) is 22.2 Å². The third-order valence-corrected chi connectivity index (χ3v) is 6.18. The third kappa shape index (κ3) is 3.17. The lowest BCUT2D eigenvalue weighted by Crippen LogP contribution is -2.39. The van der Waals surface area contributed by atoms with Crippen LogP contribution in [-0.4, -0.2) is 47.2 Å². The van der Waals surface area contributed by atoms with Gasteiger partial charge in [0.25, 0.3) is 0 Å². The Morgan fingerprint density at radius 2 is 2.00 bits per heavy atom. The van der Waals surface area contributed by atoms with Crippen molar-refractivity contribution < 1.29 is 5.11 Å². The smallest absolute Gasteiger partial charge is 0.224 e. The van der Waals surface area contributed by atoms with Gasteiger partial charge in [-0.05, 0) is 60.0 Å². The summed E-state index contributed by atoms with van der Waals surface area (Å²) < 4.78 is 2.48. The molecule has 0 bridgehead atoms. The summed E-state index contributed by atoms with van der Waals surface area (Å²) in [6.45, 7) is 1.94. The topological polar surface area (TPSA) is 102 Å². The Hall–Kier alpha value is -2.43. The molecule has 5 rings (SSSR count). The number of anilines is 1. The fourth-order valence-corrected chi connectivity index (χ4v) is 4.30. The molecule has 0 aliphatic heterocycles. The largest absolute Gasteiger partial charge is 0.393 e. The van der Waals surface area contributed by atoms with Crippen LogP contribution in [-0.2, 0) is 0 Å². The van der Waals surface area contributed by atoms with E-state index in [1.807, 2.05) is 31.2 Å². The molecule has 1 aliphatic carbocycles. The molecule has 2 N–H and O–H groups in total. The number of hydrogen-bond donors (Lipinski definition) is 2. The second-order valence-electron chi connectivity index (χ2n) is 6.77. The van der Waals surface area contributed by atoms with Crippen molar-refractivity contribution in [3.63, 3.8) is 0 Å². The molecular formula is C18H16BrN7OS. The van der Waals surface area contributed by atoms with E-state index in [9.17, 15) is 5.11 Å². The Morgan fingerprint density at radius 3 is 2.68 bits per heavy atom. The predicted octanol–water partition coefficient (Wildman–Crippen LogP) is 3.34. The number of fused-ring (bicyclic) bond motifs is 1. The molecule has 0 atom stereocenters. The molecule has 0 unspecified atom stereocenters. The minimum absolute atomic E-state index is 0.210. The van der Waals surface area contributed by atoms with Crippen LogP contribution in [0.5, 0.6) is 0 Å². The van der Waals surface area contributed by atoms with Gasteiger partial charge in [-0.1, -0.05) is 11.3 Å². The Labute approximate surface area is 172 Å². The van der Waals surface area contributed by atoms with E-state index in [0.29, 0.717) is 16.2 Å². The SMILES string of the molecule is Cc1nnc(-c2ccc(-n3nc(Br)c4cnc(NC5CC(O)C5)nc43)cc2)s1. The van der Waals surface area contributed by atoms with Gasteiger partial charge in [0.2, 0.25) is 5.95 Å². The van der Waals surface area contributed by atoms with Crippen LogP contribution in [0.25, 0.3) is 27.3 Å². The van der Waals surface area contributed by atoms with Crippen LogP contribution in [0, 0.1) is 6.92 Å². The summed E-state index contributed by atoms with van der Waals surface area (Å²) in [5.41, 5.74) is 2.62. The number of halogens is 1. The van der Waals surface area contributed by atoms with Crippen LogP contribution in [0.3, 0.4) is 0 Å². The molecule has 28 heavy (non-hydrogen) atoms. The van der Waals surface area contributed by atoms with Gasteiger partial charge in [-0.25, -0.2) is 9.67 Å². The number of rotatable bonds is 4. The molecule has 3 aromatic heterocycles. The van der Waals surface area contributed by atoms with E-state index in [-0.39, 0.29) is 12.1 Å². The molecule has 3 heterocycles. The van der Waals surface area contributed by atoms with E-state index in [0.717, 1.165) is 39.5 Å². The van der Waals surface area contributed by atoms with Crippen LogP contribution < -0.4 is 5.32 Å². The molecule has 8 nitrogen and oxygen atoms in total. The summed E-state index contributed by atoms with van der Waals surface area (Å²) in [7, 11) is 0. The maximum absolute atomic E-state index is 9.46. The first-order valence-electron chi connectivity index (χ1n) is 8.83. The Kier molecular flexibility index (Phi) is 4.33. The zero-order valence-electron chi connectivity index (χ0n) is 14.9. The highest BCUT2D eigenvalue weighted by atomic mass is 79.9. The summed E-state index contributed by atoms with van der Waals surface area (Å²) >= 11 is 5.06. The normalized spacial score (nSPS) is 19.0. The second kappa shape index (κ2) is 6.87. The lowest BCUT2D eigenvalue weighted by Gasteiger charge is -2.31. The van der Waals surface area contributed by atoms with Crippen molar-refractivity contribution in [3.8, 4) is 16.3 Å². The van der Waals surface area contributed by atoms with Crippen LogP contribution in [0.4, 0.5) is 5.95 Å². The van der Waals surface area contributed by atoms with E-state index >= 15 is 0 Å². The zero-order chi connectivity index (χ0) is 19.3. The predicted molar refractivity (Wildman–Crippen MR) is 111 cm³/mol. The molecule has 0 radical (unpaired) electrons. The van der Waals surface area contributed by atoms with Gasteiger partial charge in [-0.15, -0.1) is 10.2 Å². The standard InChI is InChI=1S/C18H16BrN7OS/c1-9-23-24-17(28-9)10-2-4-12(5-3-10)26-16-14(15(19)25-26)8-20-18(22-16)21-11-6-13(27)7-11/h2-5,8,11,13,27H,6-7H2,1H3,(H,20,21,22). The van der Waals surface area contributed by atoms with Gasteiger partial charge in [-0.3, -0.25) is 0 Å². The lowest BCUT2D eigenvalue weighted by molar-refractivity contribution is 0.0834. The number of aliphatic hydroxyl groups is 1. The van der Waals surface area contributed by atoms with Crippen molar-refractivity contribution >= 4 is 44.2 Å². The van der Waals surface area contributed by atoms with Gasteiger partial charge >= 0.3 is 0 Å². The van der Waals surface area contributed by atoms with Crippen molar-refractivity contribution in [2.24, 2.45) is 0 Å². The first-order valence-corrected chi connectivity index (χ1v) is 10.4. The molecule has 1 aromatic carbocycles. The fourth-order valence-electron chi connectivity index (χ4n) is 3.17. The average molecular weight is 458 g/mol. The maximum atomic E-state index is 9.46. The van der Waals surface area contributed by atoms with Crippen molar-refractivity contribution in [1.29, 1.82) is 0 Å². The number of nitrogens with one attached hydrogen (secondary N) is 1. The van der Waals surface area contributed by atoms with Gasteiger partial charge in [0.05, 0.1) is 17.2 Å². The van der Waals surface area contributed by atoms with Crippen LogP contribution in [0.15, 0.2) is 35.1 Å². The molecule has 0 amide bonds. The van der Waals surface area contributed by atoms with Crippen molar-refractivity contribution in [1.82, 2.24) is 29.9 Å². The Balaban J connectivity index is 1.49. The van der Waals surface area contributed by atoms with Gasteiger partial charge in [0, 0.05) is 17.8 Å². The zero-order valence-corrected chi connectivity index (χ0v) is 17.3. The van der Waals surface area contributed by atoms with E-state index < -0.39 is 0 Å². The van der Waals surface area contributed by atoms with E-state index in [1.165, 1.54) is 0 Å². The average Bonchev–Trinajstić information content (AvgIpc) is 3.24. The van der Waals surface area contributed by atoms with Crippen LogP contribution in [0.2, 0.25) is 0 Å². The quantitative estimate of drug-likeness (QED) is 0.484. The van der Waals surface area contributed by atoms with E-state index in [4.69, 9.17) is 0 Å². The molecule has 1 saturated carbocycles. The number of nitrogens with zero attached hydrogens (tertiary/aromatic N) is 6. The highest BCUT2D eigenvalue weighted by Crippen LogP contribution is 2.28. The number of benzene rings is 1. The summed E-state index contributed by atoms with van der Waals surface area (Å²) in [6.07, 6.45) is 2.97. The summed E-state index contributed by atoms with van der Waals surface area (Å²) in [4.78, 5) is 9.03. The number of aryl methyl sites for hydroxylation is 1.